The molecule has 0 atom stereocenters. The summed E-state index contributed by atoms with van der Waals surface area (Å²) in [6.45, 7) is 4.19. The number of nitrogens with zero attached hydrogens (tertiary/aromatic N) is 3. The zero-order valence-electron chi connectivity index (χ0n) is 13.9. The number of nitrogens with one attached hydrogen (secondary N) is 1. The van der Waals surface area contributed by atoms with Gasteiger partial charge in [-0.3, -0.25) is 0 Å². The number of pyridine rings is 1. The van der Waals surface area contributed by atoms with Crippen molar-refractivity contribution in [2.45, 2.75) is 6.42 Å². The Morgan fingerprint density at radius 1 is 1.08 bits per heavy atom. The summed E-state index contributed by atoms with van der Waals surface area (Å²) in [6.07, 6.45) is 5.07. The van der Waals surface area contributed by atoms with Gasteiger partial charge in [0.15, 0.2) is 0 Å². The van der Waals surface area contributed by atoms with E-state index in [0.29, 0.717) is 0 Å². The van der Waals surface area contributed by atoms with E-state index < -0.39 is 0 Å². The van der Waals surface area contributed by atoms with Crippen molar-refractivity contribution in [3.05, 3.63) is 60.0 Å². The molecule has 0 saturated carbocycles. The number of anilines is 1. The lowest BCUT2D eigenvalue weighted by Gasteiger charge is -2.29. The number of rotatable bonds is 4. The van der Waals surface area contributed by atoms with Gasteiger partial charge in [-0.05, 0) is 18.2 Å². The van der Waals surface area contributed by atoms with Gasteiger partial charge >= 0.3 is 0 Å². The van der Waals surface area contributed by atoms with Gasteiger partial charge in [-0.15, -0.1) is 0 Å². The molecular formula is C19H22N4O. The molecule has 1 aliphatic rings. The summed E-state index contributed by atoms with van der Waals surface area (Å²) in [5.41, 5.74) is 4.45. The van der Waals surface area contributed by atoms with E-state index in [1.54, 1.807) is 7.11 Å². The van der Waals surface area contributed by atoms with Crippen LogP contribution in [0.25, 0.3) is 5.65 Å². The summed E-state index contributed by atoms with van der Waals surface area (Å²) < 4.78 is 7.57. The van der Waals surface area contributed by atoms with Crippen LogP contribution >= 0.6 is 0 Å². The fourth-order valence-corrected chi connectivity index (χ4v) is 3.27. The van der Waals surface area contributed by atoms with Crippen molar-refractivity contribution in [2.75, 3.05) is 38.2 Å². The van der Waals surface area contributed by atoms with Crippen LogP contribution in [-0.4, -0.2) is 42.7 Å². The topological polar surface area (TPSA) is 41.8 Å². The van der Waals surface area contributed by atoms with Crippen molar-refractivity contribution < 1.29 is 4.74 Å². The second-order valence-electron chi connectivity index (χ2n) is 6.11. The third-order valence-corrected chi connectivity index (χ3v) is 4.53. The molecule has 0 amide bonds. The number of imidazole rings is 1. The zero-order valence-corrected chi connectivity index (χ0v) is 13.9. The molecule has 0 radical (unpaired) electrons. The Balaban J connectivity index is 1.61. The van der Waals surface area contributed by atoms with E-state index in [1.807, 2.05) is 18.2 Å². The number of benzene rings is 1. The Morgan fingerprint density at radius 2 is 1.92 bits per heavy atom. The Labute approximate surface area is 141 Å². The molecule has 5 heteroatoms. The van der Waals surface area contributed by atoms with Gasteiger partial charge in [0.1, 0.15) is 11.4 Å². The summed E-state index contributed by atoms with van der Waals surface area (Å²) in [4.78, 5) is 7.16. The monoisotopic (exact) mass is 322 g/mol. The summed E-state index contributed by atoms with van der Waals surface area (Å²) in [5.74, 6) is 0.913. The lowest BCUT2D eigenvalue weighted by molar-refractivity contribution is 0.410. The molecule has 124 valence electrons. The van der Waals surface area contributed by atoms with Crippen LogP contribution < -0.4 is 15.0 Å². The van der Waals surface area contributed by atoms with Crippen LogP contribution in [0.2, 0.25) is 0 Å². The first kappa shape index (κ1) is 15.0. The predicted octanol–water partition coefficient (Wildman–Crippen LogP) is 2.34. The SMILES string of the molecule is COc1ccccc1Cc1cn2cc(N3CCNCC3)ccc2n1. The maximum Gasteiger partial charge on any atom is 0.137 e. The molecule has 2 aromatic heterocycles. The minimum Gasteiger partial charge on any atom is -0.496 e. The van der Waals surface area contributed by atoms with E-state index in [-0.39, 0.29) is 0 Å². The van der Waals surface area contributed by atoms with E-state index in [4.69, 9.17) is 9.72 Å². The van der Waals surface area contributed by atoms with Crippen molar-refractivity contribution in [1.82, 2.24) is 14.7 Å². The highest BCUT2D eigenvalue weighted by atomic mass is 16.5. The third kappa shape index (κ3) is 2.95. The second kappa shape index (κ2) is 6.53. The Hall–Kier alpha value is -2.53. The molecule has 1 fully saturated rings. The lowest BCUT2D eigenvalue weighted by atomic mass is 10.1. The summed E-state index contributed by atoms with van der Waals surface area (Å²) in [7, 11) is 1.71. The van der Waals surface area contributed by atoms with Crippen LogP contribution in [0.1, 0.15) is 11.3 Å². The van der Waals surface area contributed by atoms with E-state index in [0.717, 1.165) is 55.3 Å². The Kier molecular flexibility index (Phi) is 4.09. The van der Waals surface area contributed by atoms with E-state index in [2.05, 4.69) is 45.2 Å². The van der Waals surface area contributed by atoms with E-state index >= 15 is 0 Å². The maximum absolute atomic E-state index is 5.44. The van der Waals surface area contributed by atoms with Gasteiger partial charge in [-0.2, -0.15) is 0 Å². The van der Waals surface area contributed by atoms with Gasteiger partial charge in [0, 0.05) is 50.6 Å². The van der Waals surface area contributed by atoms with Crippen molar-refractivity contribution in [3.63, 3.8) is 0 Å². The average molecular weight is 322 g/mol. The third-order valence-electron chi connectivity index (χ3n) is 4.53. The first-order valence-corrected chi connectivity index (χ1v) is 8.39. The highest BCUT2D eigenvalue weighted by Gasteiger charge is 2.12. The van der Waals surface area contributed by atoms with Gasteiger partial charge in [-0.25, -0.2) is 4.98 Å². The lowest BCUT2D eigenvalue weighted by Crippen LogP contribution is -2.43. The summed E-state index contributed by atoms with van der Waals surface area (Å²) in [5, 5.41) is 3.39. The van der Waals surface area contributed by atoms with Crippen molar-refractivity contribution in [2.24, 2.45) is 0 Å². The minimum absolute atomic E-state index is 0.772. The van der Waals surface area contributed by atoms with Crippen LogP contribution in [-0.2, 0) is 6.42 Å². The number of aromatic nitrogens is 2. The molecule has 4 rings (SSSR count). The van der Waals surface area contributed by atoms with Gasteiger partial charge in [0.2, 0.25) is 0 Å². The van der Waals surface area contributed by atoms with Crippen molar-refractivity contribution >= 4 is 11.3 Å². The first-order chi connectivity index (χ1) is 11.8. The molecule has 24 heavy (non-hydrogen) atoms. The standard InChI is InChI=1S/C19H22N4O/c1-24-18-5-3-2-4-15(18)12-16-13-23-14-17(6-7-19(23)21-16)22-10-8-20-9-11-22/h2-7,13-14,20H,8-12H2,1H3. The predicted molar refractivity (Wildman–Crippen MR) is 96.1 cm³/mol. The van der Waals surface area contributed by atoms with Crippen LogP contribution in [0.4, 0.5) is 5.69 Å². The fourth-order valence-electron chi connectivity index (χ4n) is 3.27. The van der Waals surface area contributed by atoms with Crippen molar-refractivity contribution in [1.29, 1.82) is 0 Å². The normalized spacial score (nSPS) is 15.0. The zero-order chi connectivity index (χ0) is 16.4. The van der Waals surface area contributed by atoms with Crippen LogP contribution in [0.3, 0.4) is 0 Å². The smallest absolute Gasteiger partial charge is 0.137 e. The van der Waals surface area contributed by atoms with Crippen molar-refractivity contribution in [3.8, 4) is 5.75 Å². The van der Waals surface area contributed by atoms with Gasteiger partial charge in [-0.1, -0.05) is 18.2 Å². The molecular weight excluding hydrogens is 300 g/mol. The molecule has 1 saturated heterocycles. The number of hydrogen-bond acceptors (Lipinski definition) is 4. The maximum atomic E-state index is 5.44. The summed E-state index contributed by atoms with van der Waals surface area (Å²) in [6, 6.07) is 12.4. The molecule has 0 bridgehead atoms. The molecule has 1 aliphatic heterocycles. The fraction of sp³-hybridized carbons (Fsp3) is 0.316. The number of ether oxygens (including phenoxy) is 1. The van der Waals surface area contributed by atoms with E-state index in [9.17, 15) is 0 Å². The Bertz CT molecular complexity index is 836. The van der Waals surface area contributed by atoms with Gasteiger partial charge in [0.25, 0.3) is 0 Å². The molecule has 1 N–H and O–H groups in total. The number of para-hydroxylation sites is 1. The van der Waals surface area contributed by atoms with Crippen LogP contribution in [0.5, 0.6) is 5.75 Å². The van der Waals surface area contributed by atoms with Gasteiger partial charge in [0.05, 0.1) is 18.5 Å². The first-order valence-electron chi connectivity index (χ1n) is 8.39. The average Bonchev–Trinajstić information content (AvgIpc) is 3.04. The largest absolute Gasteiger partial charge is 0.496 e. The molecule has 5 nitrogen and oxygen atoms in total. The second-order valence-corrected chi connectivity index (χ2v) is 6.11. The molecule has 0 aliphatic carbocycles. The highest BCUT2D eigenvalue weighted by Crippen LogP contribution is 2.22. The number of fused-ring (bicyclic) bond motifs is 1. The highest BCUT2D eigenvalue weighted by molar-refractivity contribution is 5.53. The number of piperazine rings is 1. The molecule has 3 heterocycles. The molecule has 0 spiro atoms. The quantitative estimate of drug-likeness (QED) is 0.800. The summed E-state index contributed by atoms with van der Waals surface area (Å²) >= 11 is 0. The van der Waals surface area contributed by atoms with E-state index in [1.165, 1.54) is 5.69 Å². The van der Waals surface area contributed by atoms with Crippen LogP contribution in [0.15, 0.2) is 48.8 Å². The number of hydrogen-bond donors (Lipinski definition) is 1. The minimum atomic E-state index is 0.772. The van der Waals surface area contributed by atoms with Gasteiger partial charge < -0.3 is 19.4 Å². The Morgan fingerprint density at radius 3 is 2.75 bits per heavy atom. The van der Waals surface area contributed by atoms with Crippen LogP contribution in [0, 0.1) is 0 Å². The number of methoxy groups -OCH3 is 1. The molecule has 0 unspecified atom stereocenters. The molecule has 1 aromatic carbocycles. The molecule has 3 aromatic rings.